The highest BCUT2D eigenvalue weighted by molar-refractivity contribution is 5.85. The molecule has 0 aromatic heterocycles. The van der Waals surface area contributed by atoms with E-state index in [2.05, 4.69) is 74.6 Å². The molecule has 0 saturated heterocycles. The Hall–Kier alpha value is -2.16. The molecule has 222 valence electrons. The molecule has 0 unspecified atom stereocenters. The zero-order valence-corrected chi connectivity index (χ0v) is 25.6. The SMILES string of the molecule is CC/C=C\C/C=C\C/C=C\CCCCCCCC(=O)OC(=O)CCCCCCC/C=C\C/C=C\CCCCC. The minimum absolute atomic E-state index is 0.355. The van der Waals surface area contributed by atoms with Gasteiger partial charge in [-0.05, 0) is 77.0 Å². The Kier molecular flexibility index (Phi) is 30.3. The zero-order chi connectivity index (χ0) is 28.5. The molecule has 39 heavy (non-hydrogen) atoms. The Morgan fingerprint density at radius 3 is 1.23 bits per heavy atom. The van der Waals surface area contributed by atoms with E-state index >= 15 is 0 Å². The molecule has 0 aliphatic heterocycles. The van der Waals surface area contributed by atoms with E-state index in [1.165, 1.54) is 51.4 Å². The van der Waals surface area contributed by atoms with Crippen LogP contribution in [0.2, 0.25) is 0 Å². The third-order valence-electron chi connectivity index (χ3n) is 6.59. The van der Waals surface area contributed by atoms with Gasteiger partial charge in [-0.25, -0.2) is 0 Å². The number of ether oxygens (including phenoxy) is 1. The Labute approximate surface area is 242 Å². The third-order valence-corrected chi connectivity index (χ3v) is 6.59. The third kappa shape index (κ3) is 32.0. The van der Waals surface area contributed by atoms with Gasteiger partial charge < -0.3 is 4.74 Å². The van der Waals surface area contributed by atoms with Crippen LogP contribution in [0.3, 0.4) is 0 Å². The summed E-state index contributed by atoms with van der Waals surface area (Å²) in [5.41, 5.74) is 0. The van der Waals surface area contributed by atoms with Crippen molar-refractivity contribution in [3.8, 4) is 0 Å². The lowest BCUT2D eigenvalue weighted by molar-refractivity contribution is -0.159. The predicted octanol–water partition coefficient (Wildman–Crippen LogP) is 11.5. The van der Waals surface area contributed by atoms with Gasteiger partial charge in [-0.2, -0.15) is 0 Å². The summed E-state index contributed by atoms with van der Waals surface area (Å²) in [5.74, 6) is -0.714. The van der Waals surface area contributed by atoms with Crippen LogP contribution >= 0.6 is 0 Å². The molecular formula is C36H60O3. The summed E-state index contributed by atoms with van der Waals surface area (Å²) in [6, 6.07) is 0. The van der Waals surface area contributed by atoms with Crippen molar-refractivity contribution in [2.75, 3.05) is 0 Å². The fourth-order valence-corrected chi connectivity index (χ4v) is 4.20. The highest BCUT2D eigenvalue weighted by atomic mass is 16.6. The van der Waals surface area contributed by atoms with Crippen LogP contribution in [-0.4, -0.2) is 11.9 Å². The number of carbonyl (C=O) groups excluding carboxylic acids is 2. The van der Waals surface area contributed by atoms with Crippen LogP contribution in [0.1, 0.15) is 155 Å². The fraction of sp³-hybridized carbons (Fsp3) is 0.667. The van der Waals surface area contributed by atoms with E-state index in [4.69, 9.17) is 4.74 Å². The van der Waals surface area contributed by atoms with E-state index in [9.17, 15) is 9.59 Å². The number of hydrogen-bond donors (Lipinski definition) is 0. The van der Waals surface area contributed by atoms with E-state index in [1.807, 2.05) is 0 Å². The van der Waals surface area contributed by atoms with Crippen molar-refractivity contribution >= 4 is 11.9 Å². The van der Waals surface area contributed by atoms with Gasteiger partial charge in [0.25, 0.3) is 0 Å². The number of carbonyl (C=O) groups is 2. The second-order valence-electron chi connectivity index (χ2n) is 10.4. The first-order valence-electron chi connectivity index (χ1n) is 16.2. The van der Waals surface area contributed by atoms with Crippen molar-refractivity contribution in [2.24, 2.45) is 0 Å². The largest absolute Gasteiger partial charge is 0.393 e. The molecule has 0 heterocycles. The van der Waals surface area contributed by atoms with E-state index < -0.39 is 0 Å². The van der Waals surface area contributed by atoms with Crippen LogP contribution in [0, 0.1) is 0 Å². The van der Waals surface area contributed by atoms with Gasteiger partial charge in [-0.3, -0.25) is 9.59 Å². The van der Waals surface area contributed by atoms with Crippen molar-refractivity contribution in [2.45, 2.75) is 155 Å². The van der Waals surface area contributed by atoms with Crippen molar-refractivity contribution < 1.29 is 14.3 Å². The summed E-state index contributed by atoms with van der Waals surface area (Å²) in [6.45, 7) is 4.39. The van der Waals surface area contributed by atoms with Gasteiger partial charge in [0.2, 0.25) is 0 Å². The van der Waals surface area contributed by atoms with Gasteiger partial charge >= 0.3 is 11.9 Å². The van der Waals surface area contributed by atoms with Crippen LogP contribution in [0.25, 0.3) is 0 Å². The molecule has 0 N–H and O–H groups in total. The predicted molar refractivity (Wildman–Crippen MR) is 170 cm³/mol. The first-order valence-corrected chi connectivity index (χ1v) is 16.2. The first kappa shape index (κ1) is 36.8. The second kappa shape index (κ2) is 32.1. The van der Waals surface area contributed by atoms with Gasteiger partial charge in [-0.1, -0.05) is 126 Å². The molecule has 0 bridgehead atoms. The summed E-state index contributed by atoms with van der Waals surface area (Å²) in [5, 5.41) is 0. The van der Waals surface area contributed by atoms with E-state index in [-0.39, 0.29) is 11.9 Å². The van der Waals surface area contributed by atoms with Crippen LogP contribution in [0.15, 0.2) is 60.8 Å². The Morgan fingerprint density at radius 2 is 0.795 bits per heavy atom. The number of hydrogen-bond acceptors (Lipinski definition) is 3. The van der Waals surface area contributed by atoms with E-state index in [1.54, 1.807) is 0 Å². The Balaban J connectivity index is 3.45. The molecule has 0 atom stereocenters. The molecule has 0 radical (unpaired) electrons. The summed E-state index contributed by atoms with van der Waals surface area (Å²) < 4.78 is 4.98. The summed E-state index contributed by atoms with van der Waals surface area (Å²) in [7, 11) is 0. The van der Waals surface area contributed by atoms with Gasteiger partial charge in [0.1, 0.15) is 0 Å². The highest BCUT2D eigenvalue weighted by Gasteiger charge is 2.09. The molecule has 0 aliphatic carbocycles. The molecule has 0 aromatic carbocycles. The van der Waals surface area contributed by atoms with Crippen LogP contribution < -0.4 is 0 Å². The zero-order valence-electron chi connectivity index (χ0n) is 25.6. The maximum Gasteiger partial charge on any atom is 0.313 e. The van der Waals surface area contributed by atoms with Gasteiger partial charge in [0, 0.05) is 12.8 Å². The van der Waals surface area contributed by atoms with Crippen molar-refractivity contribution in [3.05, 3.63) is 60.8 Å². The molecule has 0 spiro atoms. The monoisotopic (exact) mass is 540 g/mol. The molecular weight excluding hydrogens is 480 g/mol. The average molecular weight is 541 g/mol. The lowest BCUT2D eigenvalue weighted by atomic mass is 10.1. The van der Waals surface area contributed by atoms with Crippen LogP contribution in [-0.2, 0) is 14.3 Å². The molecule has 0 amide bonds. The number of rotatable bonds is 27. The molecule has 0 fully saturated rings. The maximum absolute atomic E-state index is 11.9. The average Bonchev–Trinajstić information content (AvgIpc) is 2.93. The number of allylic oxidation sites excluding steroid dienone is 10. The van der Waals surface area contributed by atoms with Crippen molar-refractivity contribution in [1.82, 2.24) is 0 Å². The normalized spacial score (nSPS) is 12.3. The van der Waals surface area contributed by atoms with Gasteiger partial charge in [0.15, 0.2) is 0 Å². The first-order chi connectivity index (χ1) is 19.2. The molecule has 0 saturated carbocycles. The smallest absolute Gasteiger partial charge is 0.313 e. The highest BCUT2D eigenvalue weighted by Crippen LogP contribution is 2.11. The molecule has 0 aromatic rings. The maximum atomic E-state index is 11.9. The standard InChI is InChI=1S/C36H60O3/c1-3-5-7-9-11-13-15-17-19-21-23-25-27-29-31-33-35(37)39-36(38)34-32-30-28-26-24-22-20-18-16-14-12-10-8-6-4-2/h5,7,11-14,17-20H,3-4,6,8-10,15-16,21-34H2,1-2H3/b7-5-,13-11-,14-12-,19-17-,20-18-. The lowest BCUT2D eigenvalue weighted by Crippen LogP contribution is -2.11. The second-order valence-corrected chi connectivity index (χ2v) is 10.4. The van der Waals surface area contributed by atoms with Crippen LogP contribution in [0.4, 0.5) is 0 Å². The Morgan fingerprint density at radius 1 is 0.436 bits per heavy atom. The molecule has 0 rings (SSSR count). The summed E-state index contributed by atoms with van der Waals surface area (Å²) in [4.78, 5) is 23.8. The molecule has 0 aliphatic rings. The summed E-state index contributed by atoms with van der Waals surface area (Å²) in [6.07, 6.45) is 45.4. The van der Waals surface area contributed by atoms with Crippen LogP contribution in [0.5, 0.6) is 0 Å². The van der Waals surface area contributed by atoms with E-state index in [0.717, 1.165) is 77.0 Å². The minimum atomic E-state index is -0.358. The summed E-state index contributed by atoms with van der Waals surface area (Å²) >= 11 is 0. The van der Waals surface area contributed by atoms with E-state index in [0.29, 0.717) is 12.8 Å². The minimum Gasteiger partial charge on any atom is -0.393 e. The lowest BCUT2D eigenvalue weighted by Gasteiger charge is -2.04. The molecule has 3 heteroatoms. The quantitative estimate of drug-likeness (QED) is 0.0450. The number of unbranched alkanes of at least 4 members (excludes halogenated alkanes) is 13. The molecule has 3 nitrogen and oxygen atoms in total. The van der Waals surface area contributed by atoms with Gasteiger partial charge in [0.05, 0.1) is 0 Å². The van der Waals surface area contributed by atoms with Gasteiger partial charge in [-0.15, -0.1) is 0 Å². The Bertz CT molecular complexity index is 696. The fourth-order valence-electron chi connectivity index (χ4n) is 4.20. The topological polar surface area (TPSA) is 43.4 Å². The van der Waals surface area contributed by atoms with Crippen molar-refractivity contribution in [1.29, 1.82) is 0 Å². The van der Waals surface area contributed by atoms with Crippen molar-refractivity contribution in [3.63, 3.8) is 0 Å². The number of esters is 2.